The summed E-state index contributed by atoms with van der Waals surface area (Å²) < 4.78 is 28.1. The zero-order valence-corrected chi connectivity index (χ0v) is 9.98. The minimum Gasteiger partial charge on any atom is -0.380 e. The summed E-state index contributed by atoms with van der Waals surface area (Å²) in [4.78, 5) is 4.03. The number of imidazole rings is 1. The molecular formula is C13H14F2N2O. The van der Waals surface area contributed by atoms with E-state index in [4.69, 9.17) is 0 Å². The van der Waals surface area contributed by atoms with Crippen LogP contribution in [0, 0.1) is 11.6 Å². The number of aliphatic hydroxyl groups is 1. The molecule has 1 N–H and O–H groups in total. The first-order valence-electron chi connectivity index (χ1n) is 5.77. The first kappa shape index (κ1) is 12.7. The quantitative estimate of drug-likeness (QED) is 0.908. The van der Waals surface area contributed by atoms with Crippen molar-refractivity contribution in [1.29, 1.82) is 0 Å². The molecule has 0 aliphatic heterocycles. The van der Waals surface area contributed by atoms with Gasteiger partial charge in [0, 0.05) is 30.6 Å². The lowest BCUT2D eigenvalue weighted by Crippen LogP contribution is -2.11. The third-order valence-electron chi connectivity index (χ3n) is 2.71. The standard InChI is InChI=1S/C13H14F2N2O/c1-2-6-17-7-5-16-13(17)12(18)10-4-3-9(14)8-11(10)15/h3-5,7-8,12,18H,2,6H2,1H3. The fourth-order valence-electron chi connectivity index (χ4n) is 1.86. The molecule has 1 unspecified atom stereocenters. The highest BCUT2D eigenvalue weighted by Gasteiger charge is 2.19. The normalized spacial score (nSPS) is 12.7. The zero-order valence-electron chi connectivity index (χ0n) is 9.98. The van der Waals surface area contributed by atoms with Crippen molar-refractivity contribution in [2.75, 3.05) is 0 Å². The van der Waals surface area contributed by atoms with Gasteiger partial charge in [-0.2, -0.15) is 0 Å². The van der Waals surface area contributed by atoms with E-state index in [2.05, 4.69) is 4.98 Å². The van der Waals surface area contributed by atoms with Crippen molar-refractivity contribution < 1.29 is 13.9 Å². The fourth-order valence-corrected chi connectivity index (χ4v) is 1.86. The summed E-state index contributed by atoms with van der Waals surface area (Å²) in [6, 6.07) is 3.11. The van der Waals surface area contributed by atoms with Crippen molar-refractivity contribution in [2.24, 2.45) is 0 Å². The lowest BCUT2D eigenvalue weighted by Gasteiger charge is -2.13. The van der Waals surface area contributed by atoms with E-state index in [0.29, 0.717) is 12.4 Å². The smallest absolute Gasteiger partial charge is 0.142 e. The largest absolute Gasteiger partial charge is 0.380 e. The van der Waals surface area contributed by atoms with Gasteiger partial charge in [0.05, 0.1) is 0 Å². The Kier molecular flexibility index (Phi) is 3.72. The predicted octanol–water partition coefficient (Wildman–Crippen LogP) is 2.65. The van der Waals surface area contributed by atoms with E-state index in [-0.39, 0.29) is 5.56 Å². The van der Waals surface area contributed by atoms with Crippen molar-refractivity contribution in [3.05, 3.63) is 53.6 Å². The molecule has 18 heavy (non-hydrogen) atoms. The van der Waals surface area contributed by atoms with E-state index in [9.17, 15) is 13.9 Å². The molecule has 2 rings (SSSR count). The molecular weight excluding hydrogens is 238 g/mol. The van der Waals surface area contributed by atoms with E-state index in [0.717, 1.165) is 18.6 Å². The van der Waals surface area contributed by atoms with Crippen LogP contribution in [0.15, 0.2) is 30.6 Å². The van der Waals surface area contributed by atoms with Gasteiger partial charge < -0.3 is 9.67 Å². The molecule has 0 fully saturated rings. The highest BCUT2D eigenvalue weighted by atomic mass is 19.1. The summed E-state index contributed by atoms with van der Waals surface area (Å²) in [5, 5.41) is 10.1. The number of aryl methyl sites for hydroxylation is 1. The predicted molar refractivity (Wildman–Crippen MR) is 62.9 cm³/mol. The van der Waals surface area contributed by atoms with Crippen LogP contribution in [-0.4, -0.2) is 14.7 Å². The average Bonchev–Trinajstić information content (AvgIpc) is 2.77. The maximum Gasteiger partial charge on any atom is 0.142 e. The van der Waals surface area contributed by atoms with Crippen LogP contribution in [0.25, 0.3) is 0 Å². The number of aliphatic hydroxyl groups excluding tert-OH is 1. The number of hydrogen-bond donors (Lipinski definition) is 1. The van der Waals surface area contributed by atoms with Gasteiger partial charge in [0.2, 0.25) is 0 Å². The van der Waals surface area contributed by atoms with Crippen molar-refractivity contribution in [3.63, 3.8) is 0 Å². The molecule has 2 aromatic rings. The van der Waals surface area contributed by atoms with E-state index in [1.807, 2.05) is 6.92 Å². The Morgan fingerprint density at radius 1 is 1.39 bits per heavy atom. The highest BCUT2D eigenvalue weighted by molar-refractivity contribution is 5.25. The number of rotatable bonds is 4. The van der Waals surface area contributed by atoms with Crippen LogP contribution < -0.4 is 0 Å². The monoisotopic (exact) mass is 252 g/mol. The van der Waals surface area contributed by atoms with Gasteiger partial charge in [-0.05, 0) is 12.5 Å². The summed E-state index contributed by atoms with van der Waals surface area (Å²) in [5.41, 5.74) is 0.0277. The third kappa shape index (κ3) is 2.41. The van der Waals surface area contributed by atoms with Crippen LogP contribution in [-0.2, 0) is 6.54 Å². The maximum atomic E-state index is 13.6. The summed E-state index contributed by atoms with van der Waals surface area (Å²) in [7, 11) is 0. The molecule has 1 aromatic heterocycles. The molecule has 0 saturated carbocycles. The van der Waals surface area contributed by atoms with Crippen molar-refractivity contribution in [1.82, 2.24) is 9.55 Å². The van der Waals surface area contributed by atoms with E-state index in [1.54, 1.807) is 17.0 Å². The molecule has 96 valence electrons. The average molecular weight is 252 g/mol. The van der Waals surface area contributed by atoms with Crippen LogP contribution in [0.3, 0.4) is 0 Å². The lowest BCUT2D eigenvalue weighted by molar-refractivity contribution is 0.199. The Bertz CT molecular complexity index is 540. The van der Waals surface area contributed by atoms with Gasteiger partial charge in [-0.1, -0.05) is 13.0 Å². The minimum atomic E-state index is -1.19. The molecule has 0 amide bonds. The molecule has 0 aliphatic rings. The molecule has 0 aliphatic carbocycles. The van der Waals surface area contributed by atoms with Gasteiger partial charge in [0.25, 0.3) is 0 Å². The Balaban J connectivity index is 2.35. The molecule has 1 aromatic carbocycles. The second-order valence-corrected chi connectivity index (χ2v) is 4.05. The van der Waals surface area contributed by atoms with Crippen LogP contribution >= 0.6 is 0 Å². The number of hydrogen-bond acceptors (Lipinski definition) is 2. The van der Waals surface area contributed by atoms with Crippen molar-refractivity contribution in [3.8, 4) is 0 Å². The van der Waals surface area contributed by atoms with E-state index < -0.39 is 17.7 Å². The summed E-state index contributed by atoms with van der Waals surface area (Å²) in [6.45, 7) is 2.68. The molecule has 0 saturated heterocycles. The van der Waals surface area contributed by atoms with Crippen molar-refractivity contribution >= 4 is 0 Å². The van der Waals surface area contributed by atoms with Gasteiger partial charge in [0.15, 0.2) is 0 Å². The van der Waals surface area contributed by atoms with Crippen LogP contribution in [0.4, 0.5) is 8.78 Å². The van der Waals surface area contributed by atoms with Crippen molar-refractivity contribution in [2.45, 2.75) is 26.0 Å². The van der Waals surface area contributed by atoms with Gasteiger partial charge in [-0.25, -0.2) is 13.8 Å². The van der Waals surface area contributed by atoms with Crippen LogP contribution in [0.1, 0.15) is 30.8 Å². The molecule has 1 heterocycles. The topological polar surface area (TPSA) is 38.0 Å². The molecule has 5 heteroatoms. The lowest BCUT2D eigenvalue weighted by atomic mass is 10.1. The molecule has 0 bridgehead atoms. The Labute approximate surface area is 104 Å². The second-order valence-electron chi connectivity index (χ2n) is 4.05. The Morgan fingerprint density at radius 2 is 2.17 bits per heavy atom. The fraction of sp³-hybridized carbons (Fsp3) is 0.308. The molecule has 3 nitrogen and oxygen atoms in total. The number of benzene rings is 1. The van der Waals surface area contributed by atoms with Gasteiger partial charge in [-0.3, -0.25) is 0 Å². The van der Waals surface area contributed by atoms with E-state index >= 15 is 0 Å². The number of halogens is 2. The summed E-state index contributed by atoms with van der Waals surface area (Å²) in [5.74, 6) is -1.07. The van der Waals surface area contributed by atoms with E-state index in [1.165, 1.54) is 6.07 Å². The third-order valence-corrected chi connectivity index (χ3v) is 2.71. The van der Waals surface area contributed by atoms with Crippen LogP contribution in [0.5, 0.6) is 0 Å². The van der Waals surface area contributed by atoms with Gasteiger partial charge in [-0.15, -0.1) is 0 Å². The number of aromatic nitrogens is 2. The minimum absolute atomic E-state index is 0.0277. The second kappa shape index (κ2) is 5.27. The first-order valence-corrected chi connectivity index (χ1v) is 5.77. The maximum absolute atomic E-state index is 13.6. The Hall–Kier alpha value is -1.75. The first-order chi connectivity index (χ1) is 8.63. The van der Waals surface area contributed by atoms with Gasteiger partial charge in [0.1, 0.15) is 23.6 Å². The van der Waals surface area contributed by atoms with Gasteiger partial charge >= 0.3 is 0 Å². The van der Waals surface area contributed by atoms with Crippen LogP contribution in [0.2, 0.25) is 0 Å². The molecule has 0 spiro atoms. The molecule has 1 atom stereocenters. The molecule has 0 radical (unpaired) electrons. The zero-order chi connectivity index (χ0) is 13.1. The summed E-state index contributed by atoms with van der Waals surface area (Å²) in [6.07, 6.45) is 2.97. The Morgan fingerprint density at radius 3 is 2.83 bits per heavy atom. The number of nitrogens with zero attached hydrogens (tertiary/aromatic N) is 2. The summed E-state index contributed by atoms with van der Waals surface area (Å²) >= 11 is 0. The highest BCUT2D eigenvalue weighted by Crippen LogP contribution is 2.23. The SMILES string of the molecule is CCCn1ccnc1C(O)c1ccc(F)cc1F.